The molecule has 2 heterocycles. The number of hydrogen-bond donors (Lipinski definition) is 2. The van der Waals surface area contributed by atoms with E-state index in [2.05, 4.69) is 33.4 Å². The average Bonchev–Trinajstić information content (AvgIpc) is 2.99. The molecule has 0 amide bonds. The minimum Gasteiger partial charge on any atom is -0.338 e. The molecule has 2 N–H and O–H groups in total. The summed E-state index contributed by atoms with van der Waals surface area (Å²) >= 11 is 0. The molecular formula is C15H20N4. The van der Waals surface area contributed by atoms with Crippen LogP contribution in [0, 0.1) is 0 Å². The Kier molecular flexibility index (Phi) is 2.69. The Hall–Kier alpha value is -1.55. The maximum absolute atomic E-state index is 4.76. The molecule has 0 spiro atoms. The van der Waals surface area contributed by atoms with Gasteiger partial charge in [0, 0.05) is 18.6 Å². The number of imidazole rings is 1. The number of aromatic amines is 1. The van der Waals surface area contributed by atoms with Crippen molar-refractivity contribution in [3.63, 3.8) is 0 Å². The summed E-state index contributed by atoms with van der Waals surface area (Å²) in [6.07, 6.45) is 5.22. The van der Waals surface area contributed by atoms with E-state index < -0.39 is 0 Å². The number of hydrogen-bond acceptors (Lipinski definition) is 3. The maximum Gasteiger partial charge on any atom is 0.204 e. The van der Waals surface area contributed by atoms with Crippen molar-refractivity contribution in [3.05, 3.63) is 24.3 Å². The Morgan fingerprint density at radius 3 is 2.84 bits per heavy atom. The summed E-state index contributed by atoms with van der Waals surface area (Å²) in [4.78, 5) is 10.7. The van der Waals surface area contributed by atoms with Crippen LogP contribution in [0.5, 0.6) is 0 Å². The molecule has 1 saturated heterocycles. The molecule has 1 aliphatic heterocycles. The molecule has 1 unspecified atom stereocenters. The molecule has 2 fully saturated rings. The third-order valence-corrected chi connectivity index (χ3v) is 4.22. The van der Waals surface area contributed by atoms with E-state index in [0.29, 0.717) is 12.1 Å². The molecule has 1 aromatic carbocycles. The van der Waals surface area contributed by atoms with Crippen molar-refractivity contribution in [1.82, 2.24) is 15.3 Å². The van der Waals surface area contributed by atoms with Crippen LogP contribution in [0.15, 0.2) is 24.3 Å². The molecular weight excluding hydrogens is 236 g/mol. The van der Waals surface area contributed by atoms with Gasteiger partial charge < -0.3 is 15.2 Å². The molecule has 4 rings (SSSR count). The van der Waals surface area contributed by atoms with Gasteiger partial charge in [0.15, 0.2) is 0 Å². The normalized spacial score (nSPS) is 23.1. The Labute approximate surface area is 113 Å². The van der Waals surface area contributed by atoms with Crippen molar-refractivity contribution in [2.75, 3.05) is 18.0 Å². The van der Waals surface area contributed by atoms with Gasteiger partial charge in [-0.3, -0.25) is 0 Å². The average molecular weight is 256 g/mol. The maximum atomic E-state index is 4.76. The molecule has 100 valence electrons. The number of aromatic nitrogens is 2. The Balaban J connectivity index is 1.61. The fraction of sp³-hybridized carbons (Fsp3) is 0.533. The first kappa shape index (κ1) is 11.3. The smallest absolute Gasteiger partial charge is 0.204 e. The number of para-hydroxylation sites is 2. The second kappa shape index (κ2) is 4.53. The Bertz CT molecular complexity index is 533. The molecule has 2 aliphatic rings. The summed E-state index contributed by atoms with van der Waals surface area (Å²) in [6, 6.07) is 9.62. The predicted octanol–water partition coefficient (Wildman–Crippen LogP) is 2.28. The van der Waals surface area contributed by atoms with Crippen molar-refractivity contribution in [1.29, 1.82) is 0 Å². The molecule has 0 radical (unpaired) electrons. The van der Waals surface area contributed by atoms with E-state index in [1.54, 1.807) is 0 Å². The monoisotopic (exact) mass is 256 g/mol. The van der Waals surface area contributed by atoms with Crippen molar-refractivity contribution >= 4 is 17.0 Å². The van der Waals surface area contributed by atoms with Crippen molar-refractivity contribution < 1.29 is 0 Å². The SMILES string of the molecule is c1ccc2[nH]c(N(CC3CCCN3)C3CC3)nc2c1. The van der Waals surface area contributed by atoms with Gasteiger partial charge in [-0.1, -0.05) is 12.1 Å². The van der Waals surface area contributed by atoms with E-state index in [4.69, 9.17) is 4.98 Å². The van der Waals surface area contributed by atoms with E-state index in [-0.39, 0.29) is 0 Å². The highest BCUT2D eigenvalue weighted by molar-refractivity contribution is 5.77. The second-order valence-corrected chi connectivity index (χ2v) is 5.75. The number of benzene rings is 1. The van der Waals surface area contributed by atoms with Gasteiger partial charge in [-0.25, -0.2) is 4.98 Å². The zero-order chi connectivity index (χ0) is 12.7. The molecule has 1 saturated carbocycles. The molecule has 1 atom stereocenters. The number of fused-ring (bicyclic) bond motifs is 1. The third-order valence-electron chi connectivity index (χ3n) is 4.22. The van der Waals surface area contributed by atoms with Gasteiger partial charge in [0.05, 0.1) is 11.0 Å². The summed E-state index contributed by atoms with van der Waals surface area (Å²) in [5.74, 6) is 1.05. The molecule has 4 nitrogen and oxygen atoms in total. The van der Waals surface area contributed by atoms with E-state index in [1.165, 1.54) is 32.2 Å². The largest absolute Gasteiger partial charge is 0.338 e. The lowest BCUT2D eigenvalue weighted by molar-refractivity contribution is 0.573. The van der Waals surface area contributed by atoms with Gasteiger partial charge in [-0.2, -0.15) is 0 Å². The highest BCUT2D eigenvalue weighted by Gasteiger charge is 2.33. The highest BCUT2D eigenvalue weighted by atomic mass is 15.3. The number of H-pyrrole nitrogens is 1. The van der Waals surface area contributed by atoms with Crippen molar-refractivity contribution in [3.8, 4) is 0 Å². The van der Waals surface area contributed by atoms with Crippen LogP contribution in [0.25, 0.3) is 11.0 Å². The van der Waals surface area contributed by atoms with Crippen LogP contribution in [-0.2, 0) is 0 Å². The minimum absolute atomic E-state index is 0.633. The quantitative estimate of drug-likeness (QED) is 0.882. The standard InChI is InChI=1S/C15H20N4/c1-2-6-14-13(5-1)17-15(18-14)19(12-7-8-12)10-11-4-3-9-16-11/h1-2,5-6,11-12,16H,3-4,7-10H2,(H,17,18). The van der Waals surface area contributed by atoms with Gasteiger partial charge in [-0.15, -0.1) is 0 Å². The third kappa shape index (κ3) is 2.21. The zero-order valence-electron chi connectivity index (χ0n) is 11.1. The fourth-order valence-corrected chi connectivity index (χ4v) is 3.02. The Morgan fingerprint density at radius 1 is 1.21 bits per heavy atom. The molecule has 2 aromatic rings. The zero-order valence-corrected chi connectivity index (χ0v) is 11.1. The van der Waals surface area contributed by atoms with Gasteiger partial charge in [0.2, 0.25) is 5.95 Å². The van der Waals surface area contributed by atoms with E-state index >= 15 is 0 Å². The van der Waals surface area contributed by atoms with E-state index in [9.17, 15) is 0 Å². The fourth-order valence-electron chi connectivity index (χ4n) is 3.02. The van der Waals surface area contributed by atoms with Crippen LogP contribution >= 0.6 is 0 Å². The lowest BCUT2D eigenvalue weighted by Gasteiger charge is -2.25. The van der Waals surface area contributed by atoms with Crippen LogP contribution in [0.1, 0.15) is 25.7 Å². The molecule has 0 bridgehead atoms. The van der Waals surface area contributed by atoms with Crippen LogP contribution in [0.2, 0.25) is 0 Å². The first-order valence-electron chi connectivity index (χ1n) is 7.35. The van der Waals surface area contributed by atoms with Gasteiger partial charge in [-0.05, 0) is 44.4 Å². The van der Waals surface area contributed by atoms with Crippen LogP contribution in [0.4, 0.5) is 5.95 Å². The minimum atomic E-state index is 0.633. The van der Waals surface area contributed by atoms with E-state index in [1.807, 2.05) is 6.07 Å². The molecule has 4 heteroatoms. The first-order chi connectivity index (χ1) is 9.40. The lowest BCUT2D eigenvalue weighted by atomic mass is 10.2. The molecule has 19 heavy (non-hydrogen) atoms. The number of rotatable bonds is 4. The highest BCUT2D eigenvalue weighted by Crippen LogP contribution is 2.31. The van der Waals surface area contributed by atoms with Crippen LogP contribution < -0.4 is 10.2 Å². The number of nitrogens with one attached hydrogen (secondary N) is 2. The summed E-state index contributed by atoms with van der Waals surface area (Å²) in [5.41, 5.74) is 2.21. The van der Waals surface area contributed by atoms with Crippen molar-refractivity contribution in [2.24, 2.45) is 0 Å². The number of anilines is 1. The van der Waals surface area contributed by atoms with Gasteiger partial charge >= 0.3 is 0 Å². The summed E-state index contributed by atoms with van der Waals surface area (Å²) in [5, 5.41) is 3.59. The molecule has 1 aromatic heterocycles. The topological polar surface area (TPSA) is 44.0 Å². The summed E-state index contributed by atoms with van der Waals surface area (Å²) < 4.78 is 0. The summed E-state index contributed by atoms with van der Waals surface area (Å²) in [7, 11) is 0. The molecule has 1 aliphatic carbocycles. The predicted molar refractivity (Wildman–Crippen MR) is 77.5 cm³/mol. The van der Waals surface area contributed by atoms with Gasteiger partial charge in [0.25, 0.3) is 0 Å². The van der Waals surface area contributed by atoms with Crippen LogP contribution in [-0.4, -0.2) is 35.1 Å². The Morgan fingerprint density at radius 2 is 2.11 bits per heavy atom. The summed E-state index contributed by atoms with van der Waals surface area (Å²) in [6.45, 7) is 2.26. The lowest BCUT2D eigenvalue weighted by Crippen LogP contribution is -2.39. The van der Waals surface area contributed by atoms with Crippen LogP contribution in [0.3, 0.4) is 0 Å². The second-order valence-electron chi connectivity index (χ2n) is 5.75. The van der Waals surface area contributed by atoms with Gasteiger partial charge in [0.1, 0.15) is 0 Å². The van der Waals surface area contributed by atoms with E-state index in [0.717, 1.165) is 23.5 Å². The van der Waals surface area contributed by atoms with Crippen molar-refractivity contribution in [2.45, 2.75) is 37.8 Å². The first-order valence-corrected chi connectivity index (χ1v) is 7.35. The number of nitrogens with zero attached hydrogens (tertiary/aromatic N) is 2.